The standard InChI is InChI=1S/C20H22N2O2/c1-14-8-9-15(2)16(12-14)13-21-19(23)18-10-11-22(20(18)24)17-6-4-3-5-7-17/h3-9,12,18H,10-11,13H2,1-2H3,(H,21,23). The van der Waals surface area contributed by atoms with Crippen LogP contribution in [0.2, 0.25) is 0 Å². The summed E-state index contributed by atoms with van der Waals surface area (Å²) in [5.74, 6) is -0.880. The number of rotatable bonds is 4. The molecule has 2 aromatic carbocycles. The van der Waals surface area contributed by atoms with Crippen LogP contribution in [0.25, 0.3) is 0 Å². The molecule has 1 saturated heterocycles. The molecule has 0 bridgehead atoms. The number of hydrogen-bond donors (Lipinski definition) is 1. The number of carbonyl (C=O) groups excluding carboxylic acids is 2. The van der Waals surface area contributed by atoms with E-state index in [1.54, 1.807) is 4.90 Å². The lowest BCUT2D eigenvalue weighted by Crippen LogP contribution is -2.36. The van der Waals surface area contributed by atoms with E-state index in [2.05, 4.69) is 23.5 Å². The monoisotopic (exact) mass is 322 g/mol. The Morgan fingerprint density at radius 2 is 1.92 bits per heavy atom. The average molecular weight is 322 g/mol. The summed E-state index contributed by atoms with van der Waals surface area (Å²) in [5, 5.41) is 2.92. The third kappa shape index (κ3) is 3.32. The van der Waals surface area contributed by atoms with E-state index in [1.807, 2.05) is 44.2 Å². The van der Waals surface area contributed by atoms with E-state index in [4.69, 9.17) is 0 Å². The van der Waals surface area contributed by atoms with Crippen molar-refractivity contribution in [3.63, 3.8) is 0 Å². The summed E-state index contributed by atoms with van der Waals surface area (Å²) in [7, 11) is 0. The van der Waals surface area contributed by atoms with Crippen LogP contribution in [0, 0.1) is 19.8 Å². The molecule has 4 heteroatoms. The van der Waals surface area contributed by atoms with E-state index in [9.17, 15) is 9.59 Å². The van der Waals surface area contributed by atoms with Gasteiger partial charge in [-0.15, -0.1) is 0 Å². The number of hydrogen-bond acceptors (Lipinski definition) is 2. The second kappa shape index (κ2) is 6.87. The molecule has 1 N–H and O–H groups in total. The van der Waals surface area contributed by atoms with Gasteiger partial charge in [0.2, 0.25) is 11.8 Å². The van der Waals surface area contributed by atoms with Gasteiger partial charge in [-0.2, -0.15) is 0 Å². The minimum absolute atomic E-state index is 0.111. The third-order valence-electron chi connectivity index (χ3n) is 4.55. The molecule has 0 spiro atoms. The quantitative estimate of drug-likeness (QED) is 0.880. The van der Waals surface area contributed by atoms with Crippen molar-refractivity contribution in [2.75, 3.05) is 11.4 Å². The first-order valence-corrected chi connectivity index (χ1v) is 8.26. The topological polar surface area (TPSA) is 49.4 Å². The number of aryl methyl sites for hydroxylation is 2. The summed E-state index contributed by atoms with van der Waals surface area (Å²) in [5.41, 5.74) is 4.25. The Hall–Kier alpha value is -2.62. The van der Waals surface area contributed by atoms with Gasteiger partial charge in [0.15, 0.2) is 0 Å². The summed E-state index contributed by atoms with van der Waals surface area (Å²) >= 11 is 0. The number of para-hydroxylation sites is 1. The lowest BCUT2D eigenvalue weighted by molar-refractivity contribution is -0.132. The highest BCUT2D eigenvalue weighted by molar-refractivity contribution is 6.09. The molecular formula is C20H22N2O2. The SMILES string of the molecule is Cc1ccc(C)c(CNC(=O)C2CCN(c3ccccc3)C2=O)c1. The summed E-state index contributed by atoms with van der Waals surface area (Å²) < 4.78 is 0. The predicted octanol–water partition coefficient (Wildman–Crippen LogP) is 2.97. The molecule has 4 nitrogen and oxygen atoms in total. The highest BCUT2D eigenvalue weighted by Crippen LogP contribution is 2.25. The van der Waals surface area contributed by atoms with Gasteiger partial charge >= 0.3 is 0 Å². The molecule has 24 heavy (non-hydrogen) atoms. The zero-order valence-corrected chi connectivity index (χ0v) is 14.1. The van der Waals surface area contributed by atoms with Crippen molar-refractivity contribution >= 4 is 17.5 Å². The Labute approximate surface area is 142 Å². The van der Waals surface area contributed by atoms with Crippen LogP contribution in [0.4, 0.5) is 5.69 Å². The molecule has 0 aliphatic carbocycles. The molecule has 3 rings (SSSR count). The number of benzene rings is 2. The van der Waals surface area contributed by atoms with Gasteiger partial charge < -0.3 is 10.2 Å². The first-order chi connectivity index (χ1) is 11.6. The molecule has 0 saturated carbocycles. The molecule has 1 fully saturated rings. The van der Waals surface area contributed by atoms with Gasteiger partial charge in [-0.1, -0.05) is 42.0 Å². The van der Waals surface area contributed by atoms with Crippen molar-refractivity contribution in [3.8, 4) is 0 Å². The maximum Gasteiger partial charge on any atom is 0.239 e. The van der Waals surface area contributed by atoms with Crippen molar-refractivity contribution in [1.82, 2.24) is 5.32 Å². The van der Waals surface area contributed by atoms with E-state index in [0.717, 1.165) is 22.4 Å². The molecule has 1 aliphatic heterocycles. The molecule has 1 aliphatic rings. The van der Waals surface area contributed by atoms with Crippen LogP contribution in [0.15, 0.2) is 48.5 Å². The zero-order valence-electron chi connectivity index (χ0n) is 14.1. The molecular weight excluding hydrogens is 300 g/mol. The Kier molecular flexibility index (Phi) is 4.65. The van der Waals surface area contributed by atoms with Crippen LogP contribution in [0.5, 0.6) is 0 Å². The van der Waals surface area contributed by atoms with Crippen LogP contribution in [0.3, 0.4) is 0 Å². The molecule has 2 amide bonds. The fourth-order valence-corrected chi connectivity index (χ4v) is 3.08. The van der Waals surface area contributed by atoms with Crippen LogP contribution >= 0.6 is 0 Å². The molecule has 1 atom stereocenters. The lowest BCUT2D eigenvalue weighted by Gasteiger charge is -2.16. The van der Waals surface area contributed by atoms with Crippen molar-refractivity contribution < 1.29 is 9.59 Å². The smallest absolute Gasteiger partial charge is 0.239 e. The van der Waals surface area contributed by atoms with Crippen molar-refractivity contribution in [2.45, 2.75) is 26.8 Å². The number of anilines is 1. The number of nitrogens with one attached hydrogen (secondary N) is 1. The summed E-state index contributed by atoms with van der Waals surface area (Å²) in [6, 6.07) is 15.7. The number of nitrogens with zero attached hydrogens (tertiary/aromatic N) is 1. The normalized spacial score (nSPS) is 17.2. The largest absolute Gasteiger partial charge is 0.351 e. The van der Waals surface area contributed by atoms with Crippen molar-refractivity contribution in [3.05, 3.63) is 65.2 Å². The molecule has 1 unspecified atom stereocenters. The van der Waals surface area contributed by atoms with Crippen molar-refractivity contribution in [1.29, 1.82) is 0 Å². The minimum atomic E-state index is -0.588. The van der Waals surface area contributed by atoms with Crippen LogP contribution in [-0.2, 0) is 16.1 Å². The van der Waals surface area contributed by atoms with Gasteiger partial charge in [0.05, 0.1) is 0 Å². The highest BCUT2D eigenvalue weighted by atomic mass is 16.2. The predicted molar refractivity (Wildman–Crippen MR) is 94.7 cm³/mol. The van der Waals surface area contributed by atoms with Gasteiger partial charge in [-0.25, -0.2) is 0 Å². The summed E-state index contributed by atoms with van der Waals surface area (Å²) in [6.45, 7) is 5.10. The highest BCUT2D eigenvalue weighted by Gasteiger charge is 2.37. The summed E-state index contributed by atoms with van der Waals surface area (Å²) in [6.07, 6.45) is 0.562. The van der Waals surface area contributed by atoms with Gasteiger partial charge in [0.1, 0.15) is 5.92 Å². The third-order valence-corrected chi connectivity index (χ3v) is 4.55. The average Bonchev–Trinajstić information content (AvgIpc) is 2.98. The van der Waals surface area contributed by atoms with Crippen molar-refractivity contribution in [2.24, 2.45) is 5.92 Å². The second-order valence-electron chi connectivity index (χ2n) is 6.31. The number of carbonyl (C=O) groups is 2. The first kappa shape index (κ1) is 16.2. The minimum Gasteiger partial charge on any atom is -0.351 e. The fraction of sp³-hybridized carbons (Fsp3) is 0.300. The Balaban J connectivity index is 1.64. The Bertz CT molecular complexity index is 755. The van der Waals surface area contributed by atoms with Crippen LogP contribution in [0.1, 0.15) is 23.1 Å². The van der Waals surface area contributed by atoms with Gasteiger partial charge in [-0.3, -0.25) is 9.59 Å². The lowest BCUT2D eigenvalue weighted by atomic mass is 10.0. The zero-order chi connectivity index (χ0) is 17.1. The fourth-order valence-electron chi connectivity index (χ4n) is 3.08. The number of amides is 2. The molecule has 124 valence electrons. The maximum absolute atomic E-state index is 12.5. The van der Waals surface area contributed by atoms with E-state index in [0.29, 0.717) is 19.5 Å². The van der Waals surface area contributed by atoms with E-state index in [1.165, 1.54) is 0 Å². The van der Waals surface area contributed by atoms with E-state index < -0.39 is 5.92 Å². The Morgan fingerprint density at radius 3 is 2.67 bits per heavy atom. The molecule has 2 aromatic rings. The Morgan fingerprint density at radius 1 is 1.17 bits per heavy atom. The second-order valence-corrected chi connectivity index (χ2v) is 6.31. The molecule has 0 aromatic heterocycles. The van der Waals surface area contributed by atoms with Crippen LogP contribution < -0.4 is 10.2 Å². The maximum atomic E-state index is 12.5. The first-order valence-electron chi connectivity index (χ1n) is 8.26. The van der Waals surface area contributed by atoms with Gasteiger partial charge in [0.25, 0.3) is 0 Å². The van der Waals surface area contributed by atoms with E-state index >= 15 is 0 Å². The molecule has 0 radical (unpaired) electrons. The van der Waals surface area contributed by atoms with Gasteiger partial charge in [0, 0.05) is 18.8 Å². The van der Waals surface area contributed by atoms with Crippen LogP contribution in [-0.4, -0.2) is 18.4 Å². The summed E-state index contributed by atoms with van der Waals surface area (Å²) in [4.78, 5) is 26.7. The van der Waals surface area contributed by atoms with Gasteiger partial charge in [-0.05, 0) is 43.5 Å². The van der Waals surface area contributed by atoms with E-state index in [-0.39, 0.29) is 11.8 Å². The molecule has 1 heterocycles.